The van der Waals surface area contributed by atoms with Gasteiger partial charge in [-0.2, -0.15) is 0 Å². The van der Waals surface area contributed by atoms with Crippen LogP contribution in [0.4, 0.5) is 0 Å². The number of carbonyl (C=O) groups excluding carboxylic acids is 1. The summed E-state index contributed by atoms with van der Waals surface area (Å²) in [7, 11) is 0. The Balaban J connectivity index is 1.81. The molecule has 26 heavy (non-hydrogen) atoms. The fraction of sp³-hybridized carbons (Fsp3) is 0.238. The van der Waals surface area contributed by atoms with E-state index in [2.05, 4.69) is 36.5 Å². The Morgan fingerprint density at radius 3 is 2.04 bits per heavy atom. The first-order valence-corrected chi connectivity index (χ1v) is 9.41. The average Bonchev–Trinajstić information content (AvgIpc) is 2.99. The Hall–Kier alpha value is -2.66. The van der Waals surface area contributed by atoms with Crippen molar-refractivity contribution in [3.8, 4) is 0 Å². The van der Waals surface area contributed by atoms with Crippen LogP contribution < -0.4 is 10.2 Å². The molecule has 5 heteroatoms. The summed E-state index contributed by atoms with van der Waals surface area (Å²) in [6.07, 6.45) is 0. The monoisotopic (exact) mass is 366 g/mol. The minimum absolute atomic E-state index is 0.0494. The highest BCUT2D eigenvalue weighted by Gasteiger charge is 2.29. The Labute approximate surface area is 157 Å². The lowest BCUT2D eigenvalue weighted by Crippen LogP contribution is -2.41. The van der Waals surface area contributed by atoms with E-state index >= 15 is 0 Å². The molecule has 0 bridgehead atoms. The summed E-state index contributed by atoms with van der Waals surface area (Å²) in [6, 6.07) is 20.3. The zero-order chi connectivity index (χ0) is 18.6. The highest BCUT2D eigenvalue weighted by Crippen LogP contribution is 2.31. The number of nitrogens with zero attached hydrogens (tertiary/aromatic N) is 1. The molecule has 134 valence electrons. The zero-order valence-corrected chi connectivity index (χ0v) is 15.8. The van der Waals surface area contributed by atoms with E-state index in [0.29, 0.717) is 6.54 Å². The first-order valence-electron chi connectivity index (χ1n) is 8.53. The second kappa shape index (κ2) is 7.70. The second-order valence-electron chi connectivity index (χ2n) is 6.57. The summed E-state index contributed by atoms with van der Waals surface area (Å²) >= 11 is 1.12. The molecule has 0 radical (unpaired) electrons. The maximum atomic E-state index is 12.5. The van der Waals surface area contributed by atoms with Gasteiger partial charge in [0, 0.05) is 23.0 Å². The van der Waals surface area contributed by atoms with Crippen LogP contribution in [0.2, 0.25) is 0 Å². The summed E-state index contributed by atoms with van der Waals surface area (Å²) in [5, 5.41) is 4.79. The van der Waals surface area contributed by atoms with Crippen LogP contribution in [-0.4, -0.2) is 17.0 Å². The summed E-state index contributed by atoms with van der Waals surface area (Å²) in [5.74, 6) is -0.160. The minimum atomic E-state index is -0.354. The van der Waals surface area contributed by atoms with E-state index in [4.69, 9.17) is 0 Å². The Morgan fingerprint density at radius 1 is 1.04 bits per heavy atom. The number of amides is 1. The molecule has 0 fully saturated rings. The van der Waals surface area contributed by atoms with Crippen molar-refractivity contribution < 1.29 is 4.79 Å². The molecule has 0 atom stereocenters. The lowest BCUT2D eigenvalue weighted by atomic mass is 9.76. The third-order valence-electron chi connectivity index (χ3n) is 4.74. The predicted octanol–water partition coefficient (Wildman–Crippen LogP) is 3.34. The van der Waals surface area contributed by atoms with Gasteiger partial charge in [-0.1, -0.05) is 72.0 Å². The highest BCUT2D eigenvalue weighted by molar-refractivity contribution is 7.07. The van der Waals surface area contributed by atoms with Crippen LogP contribution >= 0.6 is 11.3 Å². The van der Waals surface area contributed by atoms with E-state index in [1.54, 1.807) is 5.38 Å². The van der Waals surface area contributed by atoms with Crippen LogP contribution in [0.3, 0.4) is 0 Å². The Morgan fingerprint density at radius 2 is 1.58 bits per heavy atom. The number of benzene rings is 2. The molecule has 0 unspecified atom stereocenters. The number of aromatic nitrogens is 1. The van der Waals surface area contributed by atoms with E-state index in [0.717, 1.165) is 28.2 Å². The van der Waals surface area contributed by atoms with E-state index in [9.17, 15) is 9.59 Å². The van der Waals surface area contributed by atoms with Gasteiger partial charge in [-0.15, -0.1) is 0 Å². The van der Waals surface area contributed by atoms with E-state index in [-0.39, 0.29) is 22.7 Å². The quantitative estimate of drug-likeness (QED) is 0.727. The topological polar surface area (TPSA) is 51.1 Å². The number of hydrogen-bond acceptors (Lipinski definition) is 3. The van der Waals surface area contributed by atoms with Crippen molar-refractivity contribution in [3.05, 3.63) is 92.5 Å². The van der Waals surface area contributed by atoms with Crippen molar-refractivity contribution in [2.45, 2.75) is 25.8 Å². The first-order chi connectivity index (χ1) is 12.5. The summed E-state index contributed by atoms with van der Waals surface area (Å²) in [5.41, 5.74) is 2.72. The molecule has 3 rings (SSSR count). The van der Waals surface area contributed by atoms with Gasteiger partial charge in [-0.05, 0) is 25.0 Å². The van der Waals surface area contributed by atoms with Gasteiger partial charge in [0.05, 0.1) is 0 Å². The number of carbonyl (C=O) groups is 1. The third kappa shape index (κ3) is 3.78. The molecule has 4 nitrogen and oxygen atoms in total. The third-order valence-corrected chi connectivity index (χ3v) is 5.62. The molecule has 1 heterocycles. The van der Waals surface area contributed by atoms with Crippen molar-refractivity contribution in [1.29, 1.82) is 0 Å². The summed E-state index contributed by atoms with van der Waals surface area (Å²) in [6.45, 7) is 4.47. The second-order valence-corrected chi connectivity index (χ2v) is 7.39. The predicted molar refractivity (Wildman–Crippen MR) is 106 cm³/mol. The van der Waals surface area contributed by atoms with Crippen molar-refractivity contribution >= 4 is 17.2 Å². The number of hydrogen-bond donors (Lipinski definition) is 1. The average molecular weight is 366 g/mol. The van der Waals surface area contributed by atoms with Gasteiger partial charge in [-0.3, -0.25) is 14.2 Å². The largest absolute Gasteiger partial charge is 0.353 e. The molecule has 0 aliphatic carbocycles. The number of aryl methyl sites for hydroxylation is 1. The minimum Gasteiger partial charge on any atom is -0.353 e. The van der Waals surface area contributed by atoms with E-state index in [1.807, 2.05) is 43.3 Å². The Bertz CT molecular complexity index is 890. The van der Waals surface area contributed by atoms with Crippen molar-refractivity contribution in [2.24, 2.45) is 0 Å². The molecule has 0 saturated carbocycles. The SMILES string of the molecule is Cc1csc(=O)n1CC(=O)NCC(C)(c1ccccc1)c1ccccc1. The van der Waals surface area contributed by atoms with Gasteiger partial charge in [0.2, 0.25) is 5.91 Å². The number of rotatable bonds is 6. The molecular formula is C21H22N2O2S. The van der Waals surface area contributed by atoms with Crippen molar-refractivity contribution in [3.63, 3.8) is 0 Å². The van der Waals surface area contributed by atoms with Crippen LogP contribution in [0.15, 0.2) is 70.8 Å². The fourth-order valence-electron chi connectivity index (χ4n) is 3.05. The van der Waals surface area contributed by atoms with Crippen molar-refractivity contribution in [1.82, 2.24) is 9.88 Å². The van der Waals surface area contributed by atoms with E-state index < -0.39 is 0 Å². The molecule has 3 aromatic rings. The normalized spacial score (nSPS) is 11.3. The maximum Gasteiger partial charge on any atom is 0.307 e. The molecule has 0 saturated heterocycles. The van der Waals surface area contributed by atoms with Gasteiger partial charge in [0.15, 0.2) is 0 Å². The van der Waals surface area contributed by atoms with Crippen LogP contribution in [-0.2, 0) is 16.8 Å². The van der Waals surface area contributed by atoms with Gasteiger partial charge >= 0.3 is 4.87 Å². The number of nitrogens with one attached hydrogen (secondary N) is 1. The first kappa shape index (κ1) is 18.1. The summed E-state index contributed by atoms with van der Waals surface area (Å²) in [4.78, 5) is 24.2. The molecular weight excluding hydrogens is 344 g/mol. The Kier molecular flexibility index (Phi) is 5.38. The van der Waals surface area contributed by atoms with Crippen LogP contribution in [0.1, 0.15) is 23.7 Å². The van der Waals surface area contributed by atoms with Gasteiger partial charge < -0.3 is 5.32 Å². The lowest BCUT2D eigenvalue weighted by Gasteiger charge is -2.31. The molecule has 0 spiro atoms. The van der Waals surface area contributed by atoms with Crippen molar-refractivity contribution in [2.75, 3.05) is 6.54 Å². The van der Waals surface area contributed by atoms with Crippen LogP contribution in [0, 0.1) is 6.92 Å². The molecule has 2 aromatic carbocycles. The van der Waals surface area contributed by atoms with Gasteiger partial charge in [0.1, 0.15) is 6.54 Å². The standard InChI is InChI=1S/C21H22N2O2S/c1-16-14-26-20(25)23(16)13-19(24)22-15-21(2,17-9-5-3-6-10-17)18-11-7-4-8-12-18/h3-12,14H,13,15H2,1-2H3,(H,22,24). The molecule has 0 aliphatic rings. The number of thiazole rings is 1. The zero-order valence-electron chi connectivity index (χ0n) is 14.9. The highest BCUT2D eigenvalue weighted by atomic mass is 32.1. The molecule has 1 aromatic heterocycles. The van der Waals surface area contributed by atoms with E-state index in [1.165, 1.54) is 4.57 Å². The molecule has 1 N–H and O–H groups in total. The molecule has 1 amide bonds. The lowest BCUT2D eigenvalue weighted by molar-refractivity contribution is -0.121. The van der Waals surface area contributed by atoms with Crippen LogP contribution in [0.5, 0.6) is 0 Å². The maximum absolute atomic E-state index is 12.5. The molecule has 0 aliphatic heterocycles. The van der Waals surface area contributed by atoms with Gasteiger partial charge in [0.25, 0.3) is 0 Å². The van der Waals surface area contributed by atoms with Crippen LogP contribution in [0.25, 0.3) is 0 Å². The van der Waals surface area contributed by atoms with Gasteiger partial charge in [-0.25, -0.2) is 0 Å². The summed E-state index contributed by atoms with van der Waals surface area (Å²) < 4.78 is 1.50. The fourth-order valence-corrected chi connectivity index (χ4v) is 3.79. The smallest absolute Gasteiger partial charge is 0.307 e.